The van der Waals surface area contributed by atoms with E-state index >= 15 is 0 Å². The number of aromatic nitrogens is 2. The molecule has 132 valence electrons. The molecule has 0 saturated carbocycles. The highest BCUT2D eigenvalue weighted by Crippen LogP contribution is 2.19. The maximum absolute atomic E-state index is 12.4. The first kappa shape index (κ1) is 17.6. The Morgan fingerprint density at radius 1 is 0.885 bits per heavy atom. The van der Waals surface area contributed by atoms with Gasteiger partial charge in [0.25, 0.3) is 5.91 Å². The highest BCUT2D eigenvalue weighted by atomic mass is 16.1. The second-order valence-corrected chi connectivity index (χ2v) is 6.42. The van der Waals surface area contributed by atoms with Crippen LogP contribution in [-0.2, 0) is 0 Å². The van der Waals surface area contributed by atoms with E-state index in [4.69, 9.17) is 0 Å². The maximum atomic E-state index is 12.4. The smallest absolute Gasteiger partial charge is 0.258 e. The SMILES string of the molecule is Cc1ccc(Nc2ncc(C(=O)Nc3cccc(C)c3C)cn2)cc1C. The zero-order chi connectivity index (χ0) is 18.7. The molecule has 2 aromatic carbocycles. The summed E-state index contributed by atoms with van der Waals surface area (Å²) in [7, 11) is 0. The minimum Gasteiger partial charge on any atom is -0.324 e. The van der Waals surface area contributed by atoms with Crippen LogP contribution in [0.4, 0.5) is 17.3 Å². The molecule has 3 rings (SSSR count). The van der Waals surface area contributed by atoms with Crippen LogP contribution in [0.1, 0.15) is 32.6 Å². The first-order chi connectivity index (χ1) is 12.4. The third-order valence-electron chi connectivity index (χ3n) is 4.53. The third-order valence-corrected chi connectivity index (χ3v) is 4.53. The zero-order valence-corrected chi connectivity index (χ0v) is 15.4. The molecule has 0 saturated heterocycles. The van der Waals surface area contributed by atoms with Crippen LogP contribution in [0.25, 0.3) is 0 Å². The summed E-state index contributed by atoms with van der Waals surface area (Å²) in [5.74, 6) is 0.230. The Labute approximate surface area is 153 Å². The largest absolute Gasteiger partial charge is 0.324 e. The molecule has 0 bridgehead atoms. The molecule has 0 spiro atoms. The summed E-state index contributed by atoms with van der Waals surface area (Å²) in [6.07, 6.45) is 3.05. The number of benzene rings is 2. The van der Waals surface area contributed by atoms with E-state index in [1.165, 1.54) is 23.5 Å². The Morgan fingerprint density at radius 3 is 2.31 bits per heavy atom. The summed E-state index contributed by atoms with van der Waals surface area (Å²) >= 11 is 0. The van der Waals surface area contributed by atoms with Crippen LogP contribution in [0.2, 0.25) is 0 Å². The van der Waals surface area contributed by atoms with Gasteiger partial charge in [0.05, 0.1) is 5.56 Å². The second kappa shape index (κ2) is 7.35. The van der Waals surface area contributed by atoms with Gasteiger partial charge in [0.15, 0.2) is 0 Å². The Balaban J connectivity index is 1.71. The lowest BCUT2D eigenvalue weighted by Crippen LogP contribution is -2.14. The molecule has 0 radical (unpaired) electrons. The van der Waals surface area contributed by atoms with Gasteiger partial charge in [-0.05, 0) is 68.1 Å². The van der Waals surface area contributed by atoms with Crippen molar-refractivity contribution in [2.75, 3.05) is 10.6 Å². The normalized spacial score (nSPS) is 10.5. The van der Waals surface area contributed by atoms with Crippen molar-refractivity contribution in [2.45, 2.75) is 27.7 Å². The molecule has 3 aromatic rings. The highest BCUT2D eigenvalue weighted by molar-refractivity contribution is 6.04. The lowest BCUT2D eigenvalue weighted by atomic mass is 10.1. The second-order valence-electron chi connectivity index (χ2n) is 6.42. The molecule has 0 aliphatic carbocycles. The van der Waals surface area contributed by atoms with Crippen molar-refractivity contribution in [3.63, 3.8) is 0 Å². The maximum Gasteiger partial charge on any atom is 0.258 e. The molecule has 5 heteroatoms. The van der Waals surface area contributed by atoms with Gasteiger partial charge in [0, 0.05) is 23.8 Å². The van der Waals surface area contributed by atoms with E-state index in [0.717, 1.165) is 22.5 Å². The summed E-state index contributed by atoms with van der Waals surface area (Å²) in [5, 5.41) is 6.06. The molecule has 1 heterocycles. The van der Waals surface area contributed by atoms with Crippen molar-refractivity contribution in [1.82, 2.24) is 9.97 Å². The van der Waals surface area contributed by atoms with Crippen molar-refractivity contribution < 1.29 is 4.79 Å². The van der Waals surface area contributed by atoms with Gasteiger partial charge < -0.3 is 10.6 Å². The number of nitrogens with zero attached hydrogens (tertiary/aromatic N) is 2. The van der Waals surface area contributed by atoms with E-state index in [-0.39, 0.29) is 5.91 Å². The van der Waals surface area contributed by atoms with E-state index in [1.807, 2.05) is 50.2 Å². The number of amides is 1. The first-order valence-corrected chi connectivity index (χ1v) is 8.48. The Hall–Kier alpha value is -3.21. The average molecular weight is 346 g/mol. The van der Waals surface area contributed by atoms with Crippen molar-refractivity contribution in [2.24, 2.45) is 0 Å². The highest BCUT2D eigenvalue weighted by Gasteiger charge is 2.10. The Kier molecular flexibility index (Phi) is 4.98. The number of hydrogen-bond acceptors (Lipinski definition) is 4. The lowest BCUT2D eigenvalue weighted by molar-refractivity contribution is 0.102. The topological polar surface area (TPSA) is 66.9 Å². The fourth-order valence-corrected chi connectivity index (χ4v) is 2.54. The van der Waals surface area contributed by atoms with Gasteiger partial charge in [-0.3, -0.25) is 4.79 Å². The van der Waals surface area contributed by atoms with Crippen molar-refractivity contribution >= 4 is 23.2 Å². The molecule has 0 aliphatic heterocycles. The van der Waals surface area contributed by atoms with Gasteiger partial charge in [0.2, 0.25) is 5.95 Å². The van der Waals surface area contributed by atoms with Crippen LogP contribution in [-0.4, -0.2) is 15.9 Å². The van der Waals surface area contributed by atoms with Gasteiger partial charge in [-0.1, -0.05) is 18.2 Å². The fraction of sp³-hybridized carbons (Fsp3) is 0.190. The average Bonchev–Trinajstić information content (AvgIpc) is 2.63. The number of nitrogens with one attached hydrogen (secondary N) is 2. The quantitative estimate of drug-likeness (QED) is 0.718. The van der Waals surface area contributed by atoms with Gasteiger partial charge in [-0.2, -0.15) is 0 Å². The summed E-state index contributed by atoms with van der Waals surface area (Å²) in [4.78, 5) is 20.9. The van der Waals surface area contributed by atoms with E-state index < -0.39 is 0 Å². The number of rotatable bonds is 4. The predicted octanol–water partition coefficient (Wildman–Crippen LogP) is 4.71. The summed E-state index contributed by atoms with van der Waals surface area (Å²) in [5.41, 5.74) is 6.74. The predicted molar refractivity (Wildman–Crippen MR) is 105 cm³/mol. The Bertz CT molecular complexity index is 949. The van der Waals surface area contributed by atoms with E-state index in [2.05, 4.69) is 34.4 Å². The first-order valence-electron chi connectivity index (χ1n) is 8.48. The third kappa shape index (κ3) is 3.88. The van der Waals surface area contributed by atoms with Crippen molar-refractivity contribution in [3.05, 3.63) is 76.6 Å². The minimum atomic E-state index is -0.226. The van der Waals surface area contributed by atoms with Crippen molar-refractivity contribution in [1.29, 1.82) is 0 Å². The minimum absolute atomic E-state index is 0.226. The molecule has 1 amide bonds. The molecule has 0 fully saturated rings. The Morgan fingerprint density at radius 2 is 1.62 bits per heavy atom. The van der Waals surface area contributed by atoms with Gasteiger partial charge in [-0.15, -0.1) is 0 Å². The van der Waals surface area contributed by atoms with Crippen LogP contribution in [0.3, 0.4) is 0 Å². The lowest BCUT2D eigenvalue weighted by Gasteiger charge is -2.10. The molecule has 26 heavy (non-hydrogen) atoms. The number of hydrogen-bond donors (Lipinski definition) is 2. The monoisotopic (exact) mass is 346 g/mol. The van der Waals surface area contributed by atoms with Crippen molar-refractivity contribution in [3.8, 4) is 0 Å². The molecule has 2 N–H and O–H groups in total. The standard InChI is InChI=1S/C21H22N4O/c1-13-8-9-18(10-15(13)3)24-21-22-11-17(12-23-21)20(26)25-19-7-5-6-14(2)16(19)4/h5-12H,1-4H3,(H,25,26)(H,22,23,24). The number of carbonyl (C=O) groups excluding carboxylic acids is 1. The number of carbonyl (C=O) groups is 1. The summed E-state index contributed by atoms with van der Waals surface area (Å²) in [6.45, 7) is 8.13. The van der Waals surface area contributed by atoms with Crippen LogP contribution in [0.15, 0.2) is 48.8 Å². The molecule has 5 nitrogen and oxygen atoms in total. The number of anilines is 3. The molecule has 0 atom stereocenters. The van der Waals surface area contributed by atoms with E-state index in [0.29, 0.717) is 11.5 Å². The molecular weight excluding hydrogens is 324 g/mol. The summed E-state index contributed by atoms with van der Waals surface area (Å²) in [6, 6.07) is 11.9. The summed E-state index contributed by atoms with van der Waals surface area (Å²) < 4.78 is 0. The number of aryl methyl sites for hydroxylation is 3. The fourth-order valence-electron chi connectivity index (χ4n) is 2.54. The van der Waals surface area contributed by atoms with Gasteiger partial charge in [0.1, 0.15) is 0 Å². The van der Waals surface area contributed by atoms with E-state index in [1.54, 1.807) is 0 Å². The zero-order valence-electron chi connectivity index (χ0n) is 15.4. The molecule has 0 aliphatic rings. The van der Waals surface area contributed by atoms with Gasteiger partial charge >= 0.3 is 0 Å². The molecule has 0 unspecified atom stereocenters. The van der Waals surface area contributed by atoms with Crippen LogP contribution in [0.5, 0.6) is 0 Å². The molecule has 1 aromatic heterocycles. The van der Waals surface area contributed by atoms with Crippen LogP contribution in [0, 0.1) is 27.7 Å². The van der Waals surface area contributed by atoms with E-state index in [9.17, 15) is 4.79 Å². The van der Waals surface area contributed by atoms with Crippen LogP contribution >= 0.6 is 0 Å². The van der Waals surface area contributed by atoms with Gasteiger partial charge in [-0.25, -0.2) is 9.97 Å². The van der Waals surface area contributed by atoms with Crippen LogP contribution < -0.4 is 10.6 Å². The molecular formula is C21H22N4O.